The molecule has 1 saturated carbocycles. The van der Waals surface area contributed by atoms with Crippen molar-refractivity contribution in [2.24, 2.45) is 5.92 Å². The SMILES string of the molecule is CC(NC1CCCCC1C(F)(F)F)c1cnccn1. The Kier molecular flexibility index (Phi) is 4.39. The zero-order valence-electron chi connectivity index (χ0n) is 10.8. The summed E-state index contributed by atoms with van der Waals surface area (Å²) in [5, 5.41) is 3.07. The van der Waals surface area contributed by atoms with E-state index in [0.29, 0.717) is 18.5 Å². The van der Waals surface area contributed by atoms with Crippen LogP contribution in [0.4, 0.5) is 13.2 Å². The molecule has 3 unspecified atom stereocenters. The third kappa shape index (κ3) is 3.65. The fraction of sp³-hybridized carbons (Fsp3) is 0.692. The molecule has 0 aromatic carbocycles. The molecule has 0 aliphatic heterocycles. The predicted molar refractivity (Wildman–Crippen MR) is 65.4 cm³/mol. The van der Waals surface area contributed by atoms with Crippen molar-refractivity contribution in [1.29, 1.82) is 0 Å². The van der Waals surface area contributed by atoms with E-state index in [1.807, 2.05) is 6.92 Å². The maximum absolute atomic E-state index is 13.0. The van der Waals surface area contributed by atoms with Gasteiger partial charge in [-0.15, -0.1) is 0 Å². The quantitative estimate of drug-likeness (QED) is 0.918. The van der Waals surface area contributed by atoms with E-state index in [9.17, 15) is 13.2 Å². The molecule has 2 rings (SSSR count). The number of hydrogen-bond donors (Lipinski definition) is 1. The molecule has 19 heavy (non-hydrogen) atoms. The third-order valence-electron chi connectivity index (χ3n) is 3.68. The van der Waals surface area contributed by atoms with E-state index in [-0.39, 0.29) is 12.5 Å². The van der Waals surface area contributed by atoms with E-state index in [1.54, 1.807) is 18.6 Å². The van der Waals surface area contributed by atoms with Crippen molar-refractivity contribution < 1.29 is 13.2 Å². The van der Waals surface area contributed by atoms with Gasteiger partial charge in [-0.05, 0) is 19.8 Å². The maximum Gasteiger partial charge on any atom is 0.393 e. The summed E-state index contributed by atoms with van der Waals surface area (Å²) < 4.78 is 38.9. The monoisotopic (exact) mass is 273 g/mol. The lowest BCUT2D eigenvalue weighted by Crippen LogP contribution is -2.46. The third-order valence-corrected chi connectivity index (χ3v) is 3.68. The summed E-state index contributed by atoms with van der Waals surface area (Å²) >= 11 is 0. The van der Waals surface area contributed by atoms with Crippen LogP contribution in [0.3, 0.4) is 0 Å². The molecular weight excluding hydrogens is 255 g/mol. The Morgan fingerprint density at radius 1 is 1.26 bits per heavy atom. The first-order valence-corrected chi connectivity index (χ1v) is 6.57. The highest BCUT2D eigenvalue weighted by atomic mass is 19.4. The molecule has 1 aliphatic carbocycles. The summed E-state index contributed by atoms with van der Waals surface area (Å²) in [7, 11) is 0. The fourth-order valence-corrected chi connectivity index (χ4v) is 2.66. The Bertz CT molecular complexity index is 394. The summed E-state index contributed by atoms with van der Waals surface area (Å²) in [6, 6.07) is -0.743. The molecular formula is C13H18F3N3. The molecule has 3 atom stereocenters. The Morgan fingerprint density at radius 2 is 2.00 bits per heavy atom. The molecule has 1 aromatic heterocycles. The van der Waals surface area contributed by atoms with Gasteiger partial charge in [0.15, 0.2) is 0 Å². The van der Waals surface area contributed by atoms with Gasteiger partial charge in [-0.1, -0.05) is 12.8 Å². The van der Waals surface area contributed by atoms with Crippen LogP contribution >= 0.6 is 0 Å². The minimum absolute atomic E-state index is 0.217. The molecule has 0 amide bonds. The minimum atomic E-state index is -4.12. The highest BCUT2D eigenvalue weighted by molar-refractivity contribution is 5.02. The number of aromatic nitrogens is 2. The highest BCUT2D eigenvalue weighted by Gasteiger charge is 2.45. The molecule has 1 N–H and O–H groups in total. The van der Waals surface area contributed by atoms with E-state index in [0.717, 1.165) is 6.42 Å². The lowest BCUT2D eigenvalue weighted by molar-refractivity contribution is -0.189. The normalized spacial score (nSPS) is 26.1. The summed E-state index contributed by atoms with van der Waals surface area (Å²) in [4.78, 5) is 8.07. The lowest BCUT2D eigenvalue weighted by Gasteiger charge is -2.35. The van der Waals surface area contributed by atoms with E-state index >= 15 is 0 Å². The van der Waals surface area contributed by atoms with Crippen LogP contribution < -0.4 is 5.32 Å². The Labute approximate surface area is 110 Å². The molecule has 1 heterocycles. The summed E-state index contributed by atoms with van der Waals surface area (Å²) in [5.74, 6) is -1.25. The molecule has 6 heteroatoms. The van der Waals surface area contributed by atoms with Gasteiger partial charge in [-0.3, -0.25) is 9.97 Å². The van der Waals surface area contributed by atoms with Crippen LogP contribution in [0.2, 0.25) is 0 Å². The maximum atomic E-state index is 13.0. The fourth-order valence-electron chi connectivity index (χ4n) is 2.66. The van der Waals surface area contributed by atoms with Crippen molar-refractivity contribution in [3.05, 3.63) is 24.3 Å². The van der Waals surface area contributed by atoms with E-state index in [1.165, 1.54) is 0 Å². The van der Waals surface area contributed by atoms with Gasteiger partial charge >= 0.3 is 6.18 Å². The molecule has 1 fully saturated rings. The number of nitrogens with one attached hydrogen (secondary N) is 1. The smallest absolute Gasteiger partial charge is 0.305 e. The zero-order chi connectivity index (χ0) is 13.9. The van der Waals surface area contributed by atoms with E-state index in [2.05, 4.69) is 15.3 Å². The van der Waals surface area contributed by atoms with Gasteiger partial charge in [-0.2, -0.15) is 13.2 Å². The summed E-state index contributed by atoms with van der Waals surface area (Å²) in [6.45, 7) is 1.83. The predicted octanol–water partition coefficient (Wildman–Crippen LogP) is 3.25. The Balaban J connectivity index is 2.04. The lowest BCUT2D eigenvalue weighted by atomic mass is 9.83. The van der Waals surface area contributed by atoms with Crippen molar-refractivity contribution in [3.63, 3.8) is 0 Å². The highest BCUT2D eigenvalue weighted by Crippen LogP contribution is 2.38. The summed E-state index contributed by atoms with van der Waals surface area (Å²) in [6.07, 6.45) is 2.84. The van der Waals surface area contributed by atoms with Crippen LogP contribution in [0.1, 0.15) is 44.3 Å². The average Bonchev–Trinajstić information content (AvgIpc) is 2.39. The first-order valence-electron chi connectivity index (χ1n) is 6.57. The van der Waals surface area contributed by atoms with Gasteiger partial charge in [0.2, 0.25) is 0 Å². The second-order valence-electron chi connectivity index (χ2n) is 5.06. The number of nitrogens with zero attached hydrogens (tertiary/aromatic N) is 2. The van der Waals surface area contributed by atoms with Gasteiger partial charge in [0, 0.05) is 30.7 Å². The number of hydrogen-bond acceptors (Lipinski definition) is 3. The van der Waals surface area contributed by atoms with Crippen molar-refractivity contribution in [2.75, 3.05) is 0 Å². The minimum Gasteiger partial charge on any atom is -0.305 e. The van der Waals surface area contributed by atoms with Crippen molar-refractivity contribution in [1.82, 2.24) is 15.3 Å². The first-order chi connectivity index (χ1) is 8.98. The number of rotatable bonds is 3. The number of halogens is 3. The van der Waals surface area contributed by atoms with Gasteiger partial charge in [0.1, 0.15) is 0 Å². The second kappa shape index (κ2) is 5.86. The largest absolute Gasteiger partial charge is 0.393 e. The van der Waals surface area contributed by atoms with Crippen LogP contribution in [-0.4, -0.2) is 22.2 Å². The first kappa shape index (κ1) is 14.2. The topological polar surface area (TPSA) is 37.8 Å². The molecule has 0 bridgehead atoms. The van der Waals surface area contributed by atoms with Crippen LogP contribution in [0, 0.1) is 5.92 Å². The van der Waals surface area contributed by atoms with Gasteiger partial charge < -0.3 is 5.32 Å². The molecule has 1 aromatic rings. The summed E-state index contributed by atoms with van der Waals surface area (Å²) in [5.41, 5.74) is 0.675. The van der Waals surface area contributed by atoms with Crippen molar-refractivity contribution in [2.45, 2.75) is 50.9 Å². The molecule has 0 saturated heterocycles. The molecule has 1 aliphatic rings. The van der Waals surface area contributed by atoms with Crippen LogP contribution in [0.25, 0.3) is 0 Å². The van der Waals surface area contributed by atoms with E-state index in [4.69, 9.17) is 0 Å². The van der Waals surface area contributed by atoms with Crippen LogP contribution in [0.5, 0.6) is 0 Å². The van der Waals surface area contributed by atoms with Crippen LogP contribution in [-0.2, 0) is 0 Å². The Morgan fingerprint density at radius 3 is 2.63 bits per heavy atom. The van der Waals surface area contributed by atoms with Gasteiger partial charge in [0.05, 0.1) is 11.6 Å². The number of alkyl halides is 3. The molecule has 106 valence electrons. The van der Waals surface area contributed by atoms with E-state index < -0.39 is 18.1 Å². The second-order valence-corrected chi connectivity index (χ2v) is 5.06. The average molecular weight is 273 g/mol. The zero-order valence-corrected chi connectivity index (χ0v) is 10.8. The molecule has 3 nitrogen and oxygen atoms in total. The van der Waals surface area contributed by atoms with Gasteiger partial charge in [0.25, 0.3) is 0 Å². The Hall–Kier alpha value is -1.17. The van der Waals surface area contributed by atoms with Gasteiger partial charge in [-0.25, -0.2) is 0 Å². The van der Waals surface area contributed by atoms with Crippen LogP contribution in [0.15, 0.2) is 18.6 Å². The standard InChI is InChI=1S/C13H18F3N3/c1-9(12-8-17-6-7-18-12)19-11-5-3-2-4-10(11)13(14,15)16/h6-11,19H,2-5H2,1H3. The van der Waals surface area contributed by atoms with Crippen molar-refractivity contribution in [3.8, 4) is 0 Å². The van der Waals surface area contributed by atoms with Crippen molar-refractivity contribution >= 4 is 0 Å². The molecule has 0 radical (unpaired) electrons. The molecule has 0 spiro atoms.